The van der Waals surface area contributed by atoms with E-state index in [1.165, 1.54) is 4.90 Å². The fourth-order valence-electron chi connectivity index (χ4n) is 2.21. The summed E-state index contributed by atoms with van der Waals surface area (Å²) in [4.78, 5) is 25.7. The minimum Gasteiger partial charge on any atom is -0.480 e. The van der Waals surface area contributed by atoms with Crippen LogP contribution < -0.4 is 0 Å². The molecule has 0 spiro atoms. The zero-order valence-electron chi connectivity index (χ0n) is 12.4. The summed E-state index contributed by atoms with van der Waals surface area (Å²) >= 11 is 6.38. The third-order valence-electron chi connectivity index (χ3n) is 3.21. The number of hydrogen-bond acceptors (Lipinski definition) is 4. The largest absolute Gasteiger partial charge is 0.480 e. The van der Waals surface area contributed by atoms with Gasteiger partial charge in [-0.05, 0) is 24.0 Å². The van der Waals surface area contributed by atoms with Crippen LogP contribution in [0.1, 0.15) is 25.8 Å². The van der Waals surface area contributed by atoms with Crippen molar-refractivity contribution in [2.75, 3.05) is 0 Å². The van der Waals surface area contributed by atoms with Crippen LogP contribution in [0, 0.1) is 5.92 Å². The van der Waals surface area contributed by atoms with Gasteiger partial charge in [0.25, 0.3) is 5.91 Å². The van der Waals surface area contributed by atoms with Gasteiger partial charge in [-0.15, -0.1) is 0 Å². The Kier molecular flexibility index (Phi) is 5.37. The Morgan fingerprint density at radius 1 is 1.36 bits per heavy atom. The van der Waals surface area contributed by atoms with Gasteiger partial charge in [-0.1, -0.05) is 68.2 Å². The molecule has 1 amide bonds. The standard InChI is InChI=1S/C16H17NO3S2/c1-10(2)8-12(15(19)20)17-14(18)13(22-16(17)21)9-11-6-4-3-5-7-11/h3-7,9-10,12H,8H2,1-2H3,(H,19,20). The van der Waals surface area contributed by atoms with Gasteiger partial charge in [-0.2, -0.15) is 0 Å². The molecule has 1 unspecified atom stereocenters. The van der Waals surface area contributed by atoms with E-state index in [0.717, 1.165) is 17.3 Å². The number of thioether (sulfide) groups is 1. The number of carboxylic acids is 1. The molecule has 2 rings (SSSR count). The van der Waals surface area contributed by atoms with Crippen LogP contribution in [0.4, 0.5) is 0 Å². The Morgan fingerprint density at radius 2 is 2.00 bits per heavy atom. The molecule has 1 aromatic carbocycles. The Labute approximate surface area is 139 Å². The summed E-state index contributed by atoms with van der Waals surface area (Å²) in [6.07, 6.45) is 2.12. The van der Waals surface area contributed by atoms with Crippen LogP contribution in [0.2, 0.25) is 0 Å². The maximum atomic E-state index is 12.5. The number of benzene rings is 1. The number of carbonyl (C=O) groups is 2. The van der Waals surface area contributed by atoms with Crippen molar-refractivity contribution in [1.82, 2.24) is 4.90 Å². The lowest BCUT2D eigenvalue weighted by molar-refractivity contribution is -0.145. The molecule has 1 atom stereocenters. The molecule has 116 valence electrons. The summed E-state index contributed by atoms with van der Waals surface area (Å²) in [5.74, 6) is -1.19. The lowest BCUT2D eigenvalue weighted by Gasteiger charge is -2.24. The number of nitrogens with zero attached hydrogens (tertiary/aromatic N) is 1. The molecule has 0 radical (unpaired) electrons. The van der Waals surface area contributed by atoms with E-state index in [0.29, 0.717) is 15.6 Å². The van der Waals surface area contributed by atoms with E-state index in [2.05, 4.69) is 0 Å². The fraction of sp³-hybridized carbons (Fsp3) is 0.312. The first kappa shape index (κ1) is 16.7. The molecule has 0 saturated carbocycles. The molecule has 1 heterocycles. The van der Waals surface area contributed by atoms with E-state index in [1.807, 2.05) is 44.2 Å². The number of carboxylic acid groups (broad SMARTS) is 1. The summed E-state index contributed by atoms with van der Waals surface area (Å²) in [6, 6.07) is 8.52. The van der Waals surface area contributed by atoms with Crippen LogP contribution in [0.25, 0.3) is 6.08 Å². The molecule has 1 aromatic rings. The summed E-state index contributed by atoms with van der Waals surface area (Å²) in [5.41, 5.74) is 0.888. The van der Waals surface area contributed by atoms with Crippen molar-refractivity contribution in [3.05, 3.63) is 40.8 Å². The van der Waals surface area contributed by atoms with E-state index in [1.54, 1.807) is 6.08 Å². The highest BCUT2D eigenvalue weighted by Gasteiger charge is 2.40. The Morgan fingerprint density at radius 3 is 2.55 bits per heavy atom. The van der Waals surface area contributed by atoms with E-state index in [-0.39, 0.29) is 11.8 Å². The highest BCUT2D eigenvalue weighted by Crippen LogP contribution is 2.35. The molecular formula is C16H17NO3S2. The van der Waals surface area contributed by atoms with Crippen molar-refractivity contribution >= 4 is 46.3 Å². The van der Waals surface area contributed by atoms with Crippen LogP contribution in [0.5, 0.6) is 0 Å². The highest BCUT2D eigenvalue weighted by atomic mass is 32.2. The lowest BCUT2D eigenvalue weighted by atomic mass is 10.0. The number of carbonyl (C=O) groups excluding carboxylic acids is 1. The molecule has 0 aliphatic carbocycles. The second kappa shape index (κ2) is 7.07. The van der Waals surface area contributed by atoms with Crippen molar-refractivity contribution < 1.29 is 14.7 Å². The molecule has 1 N–H and O–H groups in total. The van der Waals surface area contributed by atoms with E-state index in [4.69, 9.17) is 12.2 Å². The average Bonchev–Trinajstić information content (AvgIpc) is 2.72. The minimum absolute atomic E-state index is 0.156. The van der Waals surface area contributed by atoms with Gasteiger partial charge in [0.1, 0.15) is 10.4 Å². The van der Waals surface area contributed by atoms with Crippen molar-refractivity contribution in [3.63, 3.8) is 0 Å². The van der Waals surface area contributed by atoms with Crippen molar-refractivity contribution in [3.8, 4) is 0 Å². The fourth-order valence-corrected chi connectivity index (χ4v) is 3.57. The summed E-state index contributed by atoms with van der Waals surface area (Å²) in [7, 11) is 0. The highest BCUT2D eigenvalue weighted by molar-refractivity contribution is 8.26. The lowest BCUT2D eigenvalue weighted by Crippen LogP contribution is -2.44. The molecule has 4 nitrogen and oxygen atoms in total. The molecule has 6 heteroatoms. The summed E-state index contributed by atoms with van der Waals surface area (Å²) in [5, 5.41) is 9.41. The number of aliphatic carboxylic acids is 1. The first-order valence-electron chi connectivity index (χ1n) is 6.95. The van der Waals surface area contributed by atoms with Crippen molar-refractivity contribution in [1.29, 1.82) is 0 Å². The molecule has 1 aliphatic rings. The number of amides is 1. The number of hydrogen-bond donors (Lipinski definition) is 1. The summed E-state index contributed by atoms with van der Waals surface area (Å²) < 4.78 is 0.306. The van der Waals surface area contributed by atoms with E-state index in [9.17, 15) is 14.7 Å². The summed E-state index contributed by atoms with van der Waals surface area (Å²) in [6.45, 7) is 3.85. The van der Waals surface area contributed by atoms with Gasteiger partial charge in [0, 0.05) is 0 Å². The third-order valence-corrected chi connectivity index (χ3v) is 4.54. The molecule has 0 aromatic heterocycles. The monoisotopic (exact) mass is 335 g/mol. The number of rotatable bonds is 5. The Bertz CT molecular complexity index is 626. The van der Waals surface area contributed by atoms with Crippen LogP contribution in [0.15, 0.2) is 35.2 Å². The van der Waals surface area contributed by atoms with Crippen LogP contribution in [-0.2, 0) is 9.59 Å². The van der Waals surface area contributed by atoms with Crippen molar-refractivity contribution in [2.45, 2.75) is 26.3 Å². The molecule has 22 heavy (non-hydrogen) atoms. The minimum atomic E-state index is -1.02. The smallest absolute Gasteiger partial charge is 0.326 e. The van der Waals surface area contributed by atoms with E-state index >= 15 is 0 Å². The molecule has 0 bridgehead atoms. The van der Waals surface area contributed by atoms with Gasteiger partial charge >= 0.3 is 5.97 Å². The first-order valence-corrected chi connectivity index (χ1v) is 8.17. The predicted molar refractivity (Wildman–Crippen MR) is 92.3 cm³/mol. The first-order chi connectivity index (χ1) is 10.4. The predicted octanol–water partition coefficient (Wildman–Crippen LogP) is 3.39. The van der Waals surface area contributed by atoms with Gasteiger partial charge in [-0.25, -0.2) is 4.79 Å². The average molecular weight is 335 g/mol. The van der Waals surface area contributed by atoms with Gasteiger partial charge in [0.15, 0.2) is 0 Å². The van der Waals surface area contributed by atoms with Gasteiger partial charge in [0.2, 0.25) is 0 Å². The maximum Gasteiger partial charge on any atom is 0.326 e. The Balaban J connectivity index is 2.28. The zero-order valence-corrected chi connectivity index (χ0v) is 14.0. The van der Waals surface area contributed by atoms with Crippen LogP contribution >= 0.6 is 24.0 Å². The van der Waals surface area contributed by atoms with Gasteiger partial charge in [0.05, 0.1) is 4.91 Å². The molecule has 1 fully saturated rings. The topological polar surface area (TPSA) is 57.6 Å². The second-order valence-electron chi connectivity index (χ2n) is 5.45. The third kappa shape index (κ3) is 3.75. The normalized spacial score (nSPS) is 18.3. The number of thiocarbonyl (C=S) groups is 1. The quantitative estimate of drug-likeness (QED) is 0.660. The molecule has 1 aliphatic heterocycles. The van der Waals surface area contributed by atoms with Crippen LogP contribution in [-0.4, -0.2) is 32.2 Å². The second-order valence-corrected chi connectivity index (χ2v) is 7.12. The maximum absolute atomic E-state index is 12.5. The van der Waals surface area contributed by atoms with Gasteiger partial charge < -0.3 is 5.11 Å². The van der Waals surface area contributed by atoms with Gasteiger partial charge in [-0.3, -0.25) is 9.69 Å². The van der Waals surface area contributed by atoms with Crippen LogP contribution in [0.3, 0.4) is 0 Å². The van der Waals surface area contributed by atoms with Crippen molar-refractivity contribution in [2.24, 2.45) is 5.92 Å². The molecule has 1 saturated heterocycles. The zero-order chi connectivity index (χ0) is 16.3. The SMILES string of the molecule is CC(C)CC(C(=O)O)N1C(=O)C(=Cc2ccccc2)SC1=S. The Hall–Kier alpha value is -1.66. The van der Waals surface area contributed by atoms with E-state index < -0.39 is 12.0 Å². The molecular weight excluding hydrogens is 318 g/mol.